The SMILES string of the molecule is O=C(O)O.O=C([O-])[O-].O=P([O-])([O-])[O-].[Ca+2].[Mg+2].[Mg+2].[Na+].[O-2]. The average Bonchev–Trinajstić information content (AvgIpc) is 1.50. The van der Waals surface area contributed by atoms with E-state index in [1.54, 1.807) is 0 Å². The largest absolute Gasteiger partial charge is 2.00 e. The first kappa shape index (κ1) is 49.9. The van der Waals surface area contributed by atoms with E-state index in [2.05, 4.69) is 0 Å². The fourth-order valence-electron chi connectivity index (χ4n) is 0. The first-order valence-corrected chi connectivity index (χ1v) is 3.45. The molecule has 0 aromatic carbocycles. The van der Waals surface area contributed by atoms with Crippen LogP contribution < -0.4 is 54.5 Å². The molecule has 0 atom stereocenters. The second-order valence-electron chi connectivity index (χ2n) is 0.980. The van der Waals surface area contributed by atoms with Crippen LogP contribution in [-0.2, 0) is 10.0 Å². The van der Waals surface area contributed by atoms with E-state index in [0.29, 0.717) is 0 Å². The van der Waals surface area contributed by atoms with E-state index in [0.717, 1.165) is 0 Å². The van der Waals surface area contributed by atoms with Gasteiger partial charge in [-0.3, -0.25) is 0 Å². The molecule has 0 unspecified atom stereocenters. The van der Waals surface area contributed by atoms with Crippen LogP contribution >= 0.6 is 7.82 Å². The van der Waals surface area contributed by atoms with Crippen molar-refractivity contribution in [2.75, 3.05) is 0 Å². The van der Waals surface area contributed by atoms with Crippen molar-refractivity contribution < 1.29 is 84.3 Å². The molecule has 0 aliphatic rings. The van der Waals surface area contributed by atoms with Gasteiger partial charge in [-0.2, -0.15) is 7.82 Å². The summed E-state index contributed by atoms with van der Waals surface area (Å²) in [5.74, 6) is 0. The number of hydrogen-bond donors (Lipinski definition) is 2. The number of carbonyl (C=O) groups is 2. The summed E-state index contributed by atoms with van der Waals surface area (Å²) in [6.45, 7) is 0. The second-order valence-corrected chi connectivity index (χ2v) is 1.87. The van der Waals surface area contributed by atoms with Gasteiger partial charge in [0.25, 0.3) is 0 Å². The van der Waals surface area contributed by atoms with Gasteiger partial charge in [-0.25, -0.2) is 4.79 Å². The monoisotopic (exact) mass is 344 g/mol. The Morgan fingerprint density at radius 1 is 0.944 bits per heavy atom. The Balaban J connectivity index is -0.0000000123. The van der Waals surface area contributed by atoms with Gasteiger partial charge in [-0.05, 0) is 6.16 Å². The zero-order chi connectivity index (χ0) is 11.7. The zero-order valence-corrected chi connectivity index (χ0v) is 17.1. The van der Waals surface area contributed by atoms with E-state index < -0.39 is 20.1 Å². The van der Waals surface area contributed by atoms with Crippen molar-refractivity contribution in [2.45, 2.75) is 0 Å². The molecule has 0 spiro atoms. The number of carbonyl (C=O) groups excluding carboxylic acids is 1. The summed E-state index contributed by atoms with van der Waals surface area (Å²) in [4.78, 5) is 42.5. The van der Waals surface area contributed by atoms with Gasteiger partial charge in [0.2, 0.25) is 0 Å². The number of rotatable bonds is 0. The quantitative estimate of drug-likeness (QED) is 0.310. The van der Waals surface area contributed by atoms with Gasteiger partial charge in [0.1, 0.15) is 0 Å². The molecule has 0 saturated heterocycles. The standard InChI is InChI=1S/2CH2O3.Ca.2Mg.Na.H3O4P.O/c2*2-1(3)4;;;;;1-5(2,3)4;/h2*(H2,2,3,4);;;;;(H3,1,2,3,4);/q;;3*+2;+1;;-2/p-5. The first-order chi connectivity index (χ1) is 5.46. The van der Waals surface area contributed by atoms with E-state index in [4.69, 9.17) is 49.3 Å². The van der Waals surface area contributed by atoms with Crippen molar-refractivity contribution in [3.63, 3.8) is 0 Å². The number of hydrogen-bond acceptors (Lipinski definition) is 8. The van der Waals surface area contributed by atoms with Crippen molar-refractivity contribution in [1.82, 2.24) is 0 Å². The third kappa shape index (κ3) is 966. The molecular weight excluding hydrogens is 343 g/mol. The molecule has 0 heterocycles. The van der Waals surface area contributed by atoms with E-state index in [1.165, 1.54) is 0 Å². The van der Waals surface area contributed by atoms with Crippen molar-refractivity contribution in [1.29, 1.82) is 0 Å². The van der Waals surface area contributed by atoms with Crippen LogP contribution in [-0.4, -0.2) is 106 Å². The van der Waals surface area contributed by atoms with Gasteiger partial charge in [0.05, 0.1) is 0 Å². The minimum Gasteiger partial charge on any atom is -2.00 e. The van der Waals surface area contributed by atoms with Crippen molar-refractivity contribution in [3.8, 4) is 0 Å². The van der Waals surface area contributed by atoms with E-state index in [1.807, 2.05) is 0 Å². The first-order valence-electron chi connectivity index (χ1n) is 1.99. The van der Waals surface area contributed by atoms with Crippen LogP contribution in [0, 0.1) is 0 Å². The molecule has 0 saturated carbocycles. The van der Waals surface area contributed by atoms with Gasteiger partial charge in [-0.15, -0.1) is 0 Å². The van der Waals surface area contributed by atoms with Gasteiger partial charge in [-0.1, -0.05) is 0 Å². The summed E-state index contributed by atoms with van der Waals surface area (Å²) in [5, 5.41) is 30.6. The maximum absolute atomic E-state index is 8.56. The van der Waals surface area contributed by atoms with Crippen LogP contribution in [0.3, 0.4) is 0 Å². The molecule has 0 aliphatic heterocycles. The number of carboxylic acid groups (broad SMARTS) is 4. The van der Waals surface area contributed by atoms with E-state index in [9.17, 15) is 0 Å². The van der Waals surface area contributed by atoms with E-state index in [-0.39, 0.29) is 119 Å². The molecule has 0 amide bonds. The van der Waals surface area contributed by atoms with Crippen LogP contribution in [0.15, 0.2) is 0 Å². The van der Waals surface area contributed by atoms with Crippen LogP contribution in [0.1, 0.15) is 0 Å². The predicted molar refractivity (Wildman–Crippen MR) is 41.6 cm³/mol. The Hall–Kier alpha value is 2.40. The molecule has 2 N–H and O–H groups in total. The summed E-state index contributed by atoms with van der Waals surface area (Å²) in [7, 11) is -5.39. The zero-order valence-electron chi connectivity index (χ0n) is 9.14. The maximum Gasteiger partial charge on any atom is 2.00 e. The van der Waals surface area contributed by atoms with Gasteiger partial charge < -0.3 is 49.9 Å². The Bertz CT molecular complexity index is 181. The molecule has 0 aliphatic carbocycles. The maximum atomic E-state index is 8.56. The fourth-order valence-corrected chi connectivity index (χ4v) is 0. The third-order valence-corrected chi connectivity index (χ3v) is 0. The minimum atomic E-state index is -5.39. The summed E-state index contributed by atoms with van der Waals surface area (Å²) in [5.41, 5.74) is 0. The minimum absolute atomic E-state index is 0. The van der Waals surface area contributed by atoms with Crippen LogP contribution in [0.25, 0.3) is 0 Å². The topological polar surface area (TPSA) is 235 Å². The second kappa shape index (κ2) is 31.7. The molecular formula is C2H2CaMg2NaO11P. The Labute approximate surface area is 185 Å². The van der Waals surface area contributed by atoms with Gasteiger partial charge in [0, 0.05) is 0 Å². The van der Waals surface area contributed by atoms with Crippen molar-refractivity contribution >= 4 is 104 Å². The summed E-state index contributed by atoms with van der Waals surface area (Å²) in [6.07, 6.45) is -4.17. The van der Waals surface area contributed by atoms with Crippen molar-refractivity contribution in [3.05, 3.63) is 0 Å². The molecule has 11 nitrogen and oxygen atoms in total. The molecule has 0 rings (SSSR count). The van der Waals surface area contributed by atoms with Gasteiger partial charge in [0.15, 0.2) is 0 Å². The average molecular weight is 345 g/mol. The molecule has 0 aromatic heterocycles. The summed E-state index contributed by atoms with van der Waals surface area (Å²) >= 11 is 0. The Morgan fingerprint density at radius 3 is 0.944 bits per heavy atom. The molecule has 88 valence electrons. The molecule has 0 aromatic rings. The molecule has 0 bridgehead atoms. The van der Waals surface area contributed by atoms with Crippen molar-refractivity contribution in [2.24, 2.45) is 0 Å². The molecule has 0 radical (unpaired) electrons. The Kier molecular flexibility index (Phi) is 87.9. The summed E-state index contributed by atoms with van der Waals surface area (Å²) in [6, 6.07) is 0. The number of phosphoric acid groups is 1. The third-order valence-electron chi connectivity index (χ3n) is 0. The van der Waals surface area contributed by atoms with Crippen LogP contribution in [0.2, 0.25) is 0 Å². The molecule has 16 heteroatoms. The van der Waals surface area contributed by atoms with E-state index >= 15 is 0 Å². The normalized spacial score (nSPS) is 5.94. The van der Waals surface area contributed by atoms with Gasteiger partial charge >= 0.3 is 120 Å². The molecule has 18 heavy (non-hydrogen) atoms. The smallest absolute Gasteiger partial charge is 2.00 e. The molecule has 0 fully saturated rings. The van der Waals surface area contributed by atoms with Crippen LogP contribution in [0.5, 0.6) is 0 Å². The fraction of sp³-hybridized carbons (Fsp3) is 0. The summed E-state index contributed by atoms with van der Waals surface area (Å²) < 4.78 is 8.55. The van der Waals surface area contributed by atoms with Crippen LogP contribution in [0.4, 0.5) is 9.59 Å². The Morgan fingerprint density at radius 2 is 0.944 bits per heavy atom. The predicted octanol–water partition coefficient (Wildman–Crippen LogP) is -9.31.